The molecule has 5 heterocycles. The normalized spacial score (nSPS) is 14.9. The van der Waals surface area contributed by atoms with Crippen LogP contribution in [0, 0.1) is 4.35 Å². The van der Waals surface area contributed by atoms with Gasteiger partial charge >= 0.3 is 20.4 Å². The predicted octanol–water partition coefficient (Wildman–Crippen LogP) is 24.5. The Morgan fingerprint density at radius 2 is 0.573 bits per heavy atom. The number of imide groups is 5. The number of Topliss-reactive ketones (excluding diaryl/α,β-unsaturated/α-hetero) is 2. The molecule has 117 heavy (non-hydrogen) atoms. The fraction of sp³-hybridized carbons (Fsp3) is 0.682. The number of thioether (sulfide) groups is 5. The van der Waals surface area contributed by atoms with Crippen LogP contribution in [0.3, 0.4) is 0 Å². The van der Waals surface area contributed by atoms with Gasteiger partial charge in [0.2, 0.25) is 11.1 Å². The summed E-state index contributed by atoms with van der Waals surface area (Å²) in [7, 11) is 0. The van der Waals surface area contributed by atoms with E-state index in [1.54, 1.807) is 36.9 Å². The van der Waals surface area contributed by atoms with Crippen molar-refractivity contribution in [3.8, 4) is 0 Å². The molecule has 4 radical (unpaired) electrons. The van der Waals surface area contributed by atoms with Crippen molar-refractivity contribution < 1.29 is 67.1 Å². The molecule has 5 aliphatic heterocycles. The van der Waals surface area contributed by atoms with Crippen LogP contribution >= 0.6 is 70.4 Å². The second-order valence-corrected chi connectivity index (χ2v) is 33.9. The summed E-state index contributed by atoms with van der Waals surface area (Å²) in [5, 5.41) is 9.41. The number of allylic oxidation sites excluding steroid dienone is 7. The van der Waals surface area contributed by atoms with Gasteiger partial charge in [-0.05, 0) is 181 Å². The zero-order chi connectivity index (χ0) is 87.8. The summed E-state index contributed by atoms with van der Waals surface area (Å²) in [5.41, 5.74) is 1.72. The Kier molecular flexibility index (Phi) is 89.9. The quantitative estimate of drug-likeness (QED) is 0.0108. The monoisotopic (exact) mass is 1760 g/mol. The van der Waals surface area contributed by atoms with E-state index in [9.17, 15) is 67.1 Å². The van der Waals surface area contributed by atoms with E-state index in [2.05, 4.69) is 92.8 Å². The van der Waals surface area contributed by atoms with Gasteiger partial charge in [-0.2, -0.15) is 0 Å². The fourth-order valence-electron chi connectivity index (χ4n) is 11.1. The molecule has 0 aromatic heterocycles. The molecule has 5 saturated heterocycles. The number of aldehydes is 1. The third-order valence-corrected chi connectivity index (χ3v) is 22.6. The summed E-state index contributed by atoms with van der Waals surface area (Å²) in [4.78, 5) is 156. The Hall–Kier alpha value is -5.04. The van der Waals surface area contributed by atoms with E-state index in [-0.39, 0.29) is 75.7 Å². The molecule has 0 spiro atoms. The molecule has 10 amide bonds. The number of ketones is 2. The second-order valence-electron chi connectivity index (χ2n) is 28.5. The van der Waals surface area contributed by atoms with Gasteiger partial charge in [0.25, 0.3) is 49.8 Å². The minimum atomic E-state index is -0.463. The Balaban J connectivity index is -0.000000422. The van der Waals surface area contributed by atoms with Crippen molar-refractivity contribution in [3.05, 3.63) is 80.4 Å². The van der Waals surface area contributed by atoms with Gasteiger partial charge in [-0.1, -0.05) is 309 Å². The summed E-state index contributed by atoms with van der Waals surface area (Å²) in [5.74, 6) is -0.497. The number of nitrogens with one attached hydrogen (secondary N) is 6. The standard InChI is InChI=1S/2C18H27NO3S.2C14H23NO2S.C11H22O.C6H15N.C4H5ClO.C3H3NO2S.Al.B.HN/c2*1-14(2)15(20)12-10-8-6-4-3-5-7-9-11-13-16-17(21)19-18(22)23-16;2*1-2-3-4-5-6-7-8-9-10-11-12-13(16)15-14(17)18-12;1-2-3-4-5-6-7-8-9-10-11-12;1-4-7(5-2)6-3;1-3(2)4(5)6;5-2-1-7-3(6)4-2;;;/h2*13H,1,3-12H2,2H3,(H,19,21,22);2*11H,2-10H2,1H3,(H,15,16,17);11H,2-10H2,1H3;4-6H2,1-3H3;1H2,2H3;1H2,(H,4,5,6);;;1H/b2*16-13-;2*12-11-;;;;;;;. The molecule has 6 N–H and O–H groups in total. The van der Waals surface area contributed by atoms with Crippen LogP contribution in [0.1, 0.15) is 364 Å². The molecule has 0 atom stereocenters. The molecule has 5 fully saturated rings. The maximum absolute atomic E-state index is 11.4. The van der Waals surface area contributed by atoms with Gasteiger partial charge in [-0.3, -0.25) is 88.9 Å². The van der Waals surface area contributed by atoms with E-state index in [1.165, 1.54) is 206 Å². The average Bonchev–Trinajstić information content (AvgIpc) is 1.77. The molecule has 0 bridgehead atoms. The van der Waals surface area contributed by atoms with Crippen molar-refractivity contribution in [2.24, 2.45) is 0 Å². The van der Waals surface area contributed by atoms with Gasteiger partial charge in [-0.25, -0.2) is 0 Å². The van der Waals surface area contributed by atoms with Crippen molar-refractivity contribution in [2.45, 2.75) is 364 Å². The SMILES string of the molecule is C=C(C)C(=O)CCCCCCCCCC/C=C1\SC(=O)NC1=O.C=C(C)C(=O)CCCCCCCCCC/C=C1\SC(=O)NC1=O.C=C(C)C(=O)Cl.CCCCCCCCCC/C=C1\SC(=O)NC1=O.CCCCCCCCCC/C=C1\SC(=O)NC1=O.CCCCCCCCCCC=O.CCN(CC)CC.O=C1CSC(=O)N1.[B].[NH]=[Al]. The van der Waals surface area contributed by atoms with Gasteiger partial charge in [-0.15, -0.1) is 0 Å². The topological polar surface area (TPSA) is 326 Å². The predicted molar refractivity (Wildman–Crippen MR) is 496 cm³/mol. The van der Waals surface area contributed by atoms with E-state index in [0.717, 1.165) is 168 Å². The minimum absolute atomic E-state index is 0. The first-order chi connectivity index (χ1) is 55.7. The Morgan fingerprint density at radius 1 is 0.359 bits per heavy atom. The Bertz CT molecular complexity index is 2860. The van der Waals surface area contributed by atoms with Gasteiger partial charge in [0.05, 0.1) is 25.4 Å². The van der Waals surface area contributed by atoms with Crippen molar-refractivity contribution in [1.29, 1.82) is 4.35 Å². The third-order valence-electron chi connectivity index (χ3n) is 18.1. The molecule has 29 heteroatoms. The van der Waals surface area contributed by atoms with Crippen molar-refractivity contribution in [1.82, 2.24) is 31.5 Å². The van der Waals surface area contributed by atoms with Crippen LogP contribution in [-0.4, -0.2) is 134 Å². The van der Waals surface area contributed by atoms with Crippen molar-refractivity contribution in [3.63, 3.8) is 0 Å². The molecule has 0 unspecified atom stereocenters. The van der Waals surface area contributed by atoms with E-state index in [0.29, 0.717) is 54.9 Å². The van der Waals surface area contributed by atoms with Crippen LogP contribution in [0.5, 0.6) is 0 Å². The molecule has 0 aliphatic carbocycles. The third kappa shape index (κ3) is 79.2. The van der Waals surface area contributed by atoms with Crippen LogP contribution in [-0.2, 0) is 43.2 Å². The van der Waals surface area contributed by atoms with E-state index in [1.807, 2.05) is 24.3 Å². The number of halogens is 1. The molecule has 660 valence electrons. The van der Waals surface area contributed by atoms with Gasteiger partial charge < -0.3 is 9.69 Å². The Labute approximate surface area is 741 Å². The number of unbranched alkanes of at least 4 members (excludes halogenated alkanes) is 40. The number of amides is 10. The van der Waals surface area contributed by atoms with Gasteiger partial charge in [0.15, 0.2) is 11.6 Å². The summed E-state index contributed by atoms with van der Waals surface area (Å²) in [6.45, 7) is 32.5. The molecule has 0 aromatic carbocycles. The molecule has 5 aliphatic rings. The average molecular weight is 1760 g/mol. The molecule has 0 saturated carbocycles. The van der Waals surface area contributed by atoms with Gasteiger partial charge in [0, 0.05) is 33.2 Å². The van der Waals surface area contributed by atoms with Crippen LogP contribution in [0.4, 0.5) is 24.0 Å². The van der Waals surface area contributed by atoms with Crippen LogP contribution < -0.4 is 26.6 Å². The van der Waals surface area contributed by atoms with E-state index >= 15 is 0 Å². The summed E-state index contributed by atoms with van der Waals surface area (Å²) in [6.07, 6.45) is 63.4. The zero-order valence-corrected chi connectivity index (χ0v) is 78.8. The zero-order valence-electron chi connectivity index (χ0n) is 72.8. The van der Waals surface area contributed by atoms with Crippen LogP contribution in [0.15, 0.2) is 80.4 Å². The molecular weight excluding hydrogens is 1610 g/mol. The Morgan fingerprint density at radius 3 is 0.718 bits per heavy atom. The van der Waals surface area contributed by atoms with Crippen molar-refractivity contribution in [2.75, 3.05) is 25.4 Å². The number of carbonyl (C=O) groups excluding carboxylic acids is 14. The van der Waals surface area contributed by atoms with Crippen LogP contribution in [0.2, 0.25) is 0 Å². The number of rotatable bonds is 55. The fourth-order valence-corrected chi connectivity index (χ4v) is 14.4. The van der Waals surface area contributed by atoms with Gasteiger partial charge in [0.1, 0.15) is 6.29 Å². The van der Waals surface area contributed by atoms with E-state index < -0.39 is 5.24 Å². The first kappa shape index (κ1) is 120. The summed E-state index contributed by atoms with van der Waals surface area (Å²) in [6, 6.07) is 0. The number of hydrogen-bond acceptors (Lipinski definition) is 21. The summed E-state index contributed by atoms with van der Waals surface area (Å²) < 4.78 is 5.67. The first-order valence-electron chi connectivity index (χ1n) is 42.8. The molecule has 21 nitrogen and oxygen atoms in total. The van der Waals surface area contributed by atoms with E-state index in [4.69, 9.17) is 15.9 Å². The number of hydrogen-bond donors (Lipinski definition) is 6. The van der Waals surface area contributed by atoms with Crippen molar-refractivity contribution >= 4 is 174 Å². The summed E-state index contributed by atoms with van der Waals surface area (Å²) >= 11 is 11.5. The first-order valence-corrected chi connectivity index (χ1v) is 48.0. The number of nitrogens with zero attached hydrogens (tertiary/aromatic N) is 1. The molecular formula is C88H146AlBClN7O14S5. The second kappa shape index (κ2) is 87.3. The molecule has 0 aromatic rings. The number of carbonyl (C=O) groups is 14. The molecule has 5 rings (SSSR count). The maximum atomic E-state index is 11.4. The van der Waals surface area contributed by atoms with Crippen LogP contribution in [0.25, 0.3) is 0 Å².